The zero-order valence-corrected chi connectivity index (χ0v) is 22.3. The number of phenolic OH excluding ortho intramolecular Hbond substituents is 1. The lowest BCUT2D eigenvalue weighted by Gasteiger charge is -2.37. The minimum atomic E-state index is -0.0906. The first-order valence-corrected chi connectivity index (χ1v) is 14.0. The van der Waals surface area contributed by atoms with Gasteiger partial charge >= 0.3 is 0 Å². The Morgan fingerprint density at radius 3 is 2.38 bits per heavy atom. The topological polar surface area (TPSA) is 29.5 Å². The number of fused-ring (bicyclic) bond motifs is 3. The predicted molar refractivity (Wildman–Crippen MR) is 140 cm³/mol. The van der Waals surface area contributed by atoms with Gasteiger partial charge in [0.2, 0.25) is 0 Å². The third-order valence-electron chi connectivity index (χ3n) is 7.75. The summed E-state index contributed by atoms with van der Waals surface area (Å²) in [7, 11) is 0. The molecule has 3 rings (SSSR count). The zero-order chi connectivity index (χ0) is 23.3. The van der Waals surface area contributed by atoms with Crippen LogP contribution in [0.1, 0.15) is 114 Å². The normalized spacial score (nSPS) is 20.2. The molecule has 0 aliphatic carbocycles. The van der Waals surface area contributed by atoms with Crippen LogP contribution in [0.4, 0.5) is 0 Å². The van der Waals surface area contributed by atoms with Crippen LogP contribution in [0.5, 0.6) is 11.5 Å². The van der Waals surface area contributed by atoms with Crippen molar-refractivity contribution in [2.45, 2.75) is 124 Å². The van der Waals surface area contributed by atoms with Crippen molar-refractivity contribution in [1.29, 1.82) is 0 Å². The number of aromatic hydroxyl groups is 1. The Kier molecular flexibility index (Phi) is 8.95. The minimum Gasteiger partial charge on any atom is -0.506 e. The maximum Gasteiger partial charge on any atom is 0.136 e. The number of rotatable bonds is 12. The molecule has 0 radical (unpaired) electrons. The molecule has 0 fully saturated rings. The van der Waals surface area contributed by atoms with Gasteiger partial charge in [-0.15, -0.1) is 11.3 Å². The molecule has 2 aromatic rings. The average molecular weight is 459 g/mol. The molecule has 3 atom stereocenters. The Labute approximate surface area is 200 Å². The summed E-state index contributed by atoms with van der Waals surface area (Å²) in [5.74, 6) is 3.20. The number of unbranched alkanes of at least 4 members (excludes halogenated alkanes) is 2. The molecule has 0 amide bonds. The van der Waals surface area contributed by atoms with Crippen LogP contribution in [0, 0.1) is 25.7 Å². The lowest BCUT2D eigenvalue weighted by molar-refractivity contribution is 0.0540. The molecule has 2 nitrogen and oxygen atoms in total. The lowest BCUT2D eigenvalue weighted by atomic mass is 9.84. The second-order valence-corrected chi connectivity index (χ2v) is 12.2. The van der Waals surface area contributed by atoms with Gasteiger partial charge in [0.1, 0.15) is 17.1 Å². The first-order valence-electron chi connectivity index (χ1n) is 13.2. The Morgan fingerprint density at radius 2 is 1.69 bits per heavy atom. The van der Waals surface area contributed by atoms with Crippen LogP contribution in [0.15, 0.2) is 6.07 Å². The quantitative estimate of drug-likeness (QED) is 0.321. The highest BCUT2D eigenvalue weighted by Crippen LogP contribution is 2.48. The fourth-order valence-electron chi connectivity index (χ4n) is 5.46. The average Bonchev–Trinajstić information content (AvgIpc) is 3.14. The van der Waals surface area contributed by atoms with E-state index in [0.717, 1.165) is 52.5 Å². The van der Waals surface area contributed by atoms with Crippen LogP contribution in [-0.4, -0.2) is 10.7 Å². The highest BCUT2D eigenvalue weighted by atomic mass is 32.1. The van der Waals surface area contributed by atoms with Gasteiger partial charge in [0, 0.05) is 15.8 Å². The monoisotopic (exact) mass is 458 g/mol. The summed E-state index contributed by atoms with van der Waals surface area (Å²) < 4.78 is 7.71. The molecule has 0 spiro atoms. The number of ether oxygens (including phenoxy) is 1. The largest absolute Gasteiger partial charge is 0.506 e. The standard InChI is InChI=1S/C29H46O2S/c1-7-8-9-12-20(2)13-10-14-21(3)15-11-17-29(6)18-16-24-23(5)26(30)28-25(27(24)31-29)19-22(4)32-28/h19-21,30H,7-18H2,1-6H3. The Hall–Kier alpha value is -1.22. The fraction of sp³-hybridized carbons (Fsp3) is 0.724. The summed E-state index contributed by atoms with van der Waals surface area (Å²) in [4.78, 5) is 1.23. The van der Waals surface area contributed by atoms with Crippen molar-refractivity contribution in [3.05, 3.63) is 22.1 Å². The fourth-order valence-corrected chi connectivity index (χ4v) is 6.47. The molecule has 0 saturated heterocycles. The molecule has 1 aromatic heterocycles. The van der Waals surface area contributed by atoms with E-state index in [9.17, 15) is 5.11 Å². The molecule has 1 N–H and O–H groups in total. The summed E-state index contributed by atoms with van der Waals surface area (Å²) in [5.41, 5.74) is 2.13. The van der Waals surface area contributed by atoms with Gasteiger partial charge < -0.3 is 9.84 Å². The van der Waals surface area contributed by atoms with Crippen molar-refractivity contribution in [2.75, 3.05) is 0 Å². The van der Waals surface area contributed by atoms with Crippen LogP contribution in [0.2, 0.25) is 0 Å². The number of aryl methyl sites for hydroxylation is 1. The van der Waals surface area contributed by atoms with Gasteiger partial charge in [0.25, 0.3) is 0 Å². The van der Waals surface area contributed by atoms with E-state index in [0.29, 0.717) is 5.75 Å². The SMILES string of the molecule is CCCCCC(C)CCCC(C)CCCC1(C)CCc2c(C)c(O)c3sc(C)cc3c2O1. The molecule has 3 heteroatoms. The molecule has 0 saturated carbocycles. The van der Waals surface area contributed by atoms with Gasteiger partial charge in [-0.2, -0.15) is 0 Å². The van der Waals surface area contributed by atoms with Gasteiger partial charge in [0.05, 0.1) is 4.70 Å². The molecule has 1 aromatic carbocycles. The van der Waals surface area contributed by atoms with E-state index in [2.05, 4.69) is 40.7 Å². The van der Waals surface area contributed by atoms with Crippen molar-refractivity contribution in [1.82, 2.24) is 0 Å². The zero-order valence-electron chi connectivity index (χ0n) is 21.5. The van der Waals surface area contributed by atoms with Gasteiger partial charge in [-0.1, -0.05) is 72.1 Å². The van der Waals surface area contributed by atoms with Crippen molar-refractivity contribution >= 4 is 21.4 Å². The summed E-state index contributed by atoms with van der Waals surface area (Å²) >= 11 is 1.67. The van der Waals surface area contributed by atoms with Gasteiger partial charge in [0.15, 0.2) is 0 Å². The van der Waals surface area contributed by atoms with Crippen molar-refractivity contribution < 1.29 is 9.84 Å². The number of thiophene rings is 1. The number of hydrogen-bond donors (Lipinski definition) is 1. The lowest BCUT2D eigenvalue weighted by Crippen LogP contribution is -2.36. The molecule has 3 unspecified atom stereocenters. The summed E-state index contributed by atoms with van der Waals surface area (Å²) in [6.45, 7) is 13.6. The Morgan fingerprint density at radius 1 is 1.03 bits per heavy atom. The van der Waals surface area contributed by atoms with E-state index in [4.69, 9.17) is 4.74 Å². The molecule has 1 aliphatic rings. The van der Waals surface area contributed by atoms with Crippen LogP contribution in [0.25, 0.3) is 10.1 Å². The summed E-state index contributed by atoms with van der Waals surface area (Å²) in [5, 5.41) is 11.8. The van der Waals surface area contributed by atoms with E-state index in [1.807, 2.05) is 6.92 Å². The molecule has 1 aliphatic heterocycles. The summed E-state index contributed by atoms with van der Waals surface area (Å²) in [6, 6.07) is 2.19. The predicted octanol–water partition coefficient (Wildman–Crippen LogP) is 9.50. The van der Waals surface area contributed by atoms with Crippen LogP contribution in [-0.2, 0) is 6.42 Å². The molecule has 180 valence electrons. The molecule has 0 bridgehead atoms. The van der Waals surface area contributed by atoms with E-state index in [1.165, 1.54) is 68.2 Å². The number of hydrogen-bond acceptors (Lipinski definition) is 3. The van der Waals surface area contributed by atoms with E-state index in [1.54, 1.807) is 11.3 Å². The first kappa shape index (κ1) is 25.4. The smallest absolute Gasteiger partial charge is 0.136 e. The van der Waals surface area contributed by atoms with Gasteiger partial charge in [-0.25, -0.2) is 0 Å². The summed E-state index contributed by atoms with van der Waals surface area (Å²) in [6.07, 6.45) is 15.4. The van der Waals surface area contributed by atoms with Gasteiger partial charge in [-0.05, 0) is 69.9 Å². The first-order chi connectivity index (χ1) is 15.2. The molecular formula is C29H46O2S. The highest BCUT2D eigenvalue weighted by molar-refractivity contribution is 7.19. The third kappa shape index (κ3) is 6.22. The van der Waals surface area contributed by atoms with Crippen molar-refractivity contribution in [3.8, 4) is 11.5 Å². The number of benzene rings is 1. The number of phenols is 1. The van der Waals surface area contributed by atoms with Crippen molar-refractivity contribution in [2.24, 2.45) is 11.8 Å². The van der Waals surface area contributed by atoms with Crippen LogP contribution >= 0.6 is 11.3 Å². The third-order valence-corrected chi connectivity index (χ3v) is 8.80. The maximum absolute atomic E-state index is 10.7. The van der Waals surface area contributed by atoms with E-state index in [-0.39, 0.29) is 5.60 Å². The second-order valence-electron chi connectivity index (χ2n) is 11.0. The highest BCUT2D eigenvalue weighted by Gasteiger charge is 2.34. The van der Waals surface area contributed by atoms with Crippen molar-refractivity contribution in [3.63, 3.8) is 0 Å². The molecule has 2 heterocycles. The Bertz CT molecular complexity index is 883. The molecule has 32 heavy (non-hydrogen) atoms. The van der Waals surface area contributed by atoms with Crippen LogP contribution < -0.4 is 4.74 Å². The molecular weight excluding hydrogens is 412 g/mol. The Balaban J connectivity index is 1.49. The maximum atomic E-state index is 10.7. The van der Waals surface area contributed by atoms with Gasteiger partial charge in [-0.3, -0.25) is 0 Å². The second kappa shape index (κ2) is 11.3. The van der Waals surface area contributed by atoms with E-state index >= 15 is 0 Å². The van der Waals surface area contributed by atoms with E-state index < -0.39 is 0 Å². The minimum absolute atomic E-state index is 0.0906. The van der Waals surface area contributed by atoms with Crippen LogP contribution in [0.3, 0.4) is 0 Å².